The summed E-state index contributed by atoms with van der Waals surface area (Å²) < 4.78 is 42.7. The van der Waals surface area contributed by atoms with Crippen molar-refractivity contribution in [2.45, 2.75) is 24.4 Å². The summed E-state index contributed by atoms with van der Waals surface area (Å²) in [5.41, 5.74) is 4.20. The van der Waals surface area contributed by atoms with Gasteiger partial charge in [0.2, 0.25) is 6.23 Å². The fourth-order valence-electron chi connectivity index (χ4n) is 2.00. The van der Waals surface area contributed by atoms with E-state index in [4.69, 9.17) is 16.9 Å². The van der Waals surface area contributed by atoms with Crippen LogP contribution < -0.4 is 11.4 Å². The van der Waals surface area contributed by atoms with E-state index < -0.39 is 42.8 Å². The van der Waals surface area contributed by atoms with E-state index in [1.165, 1.54) is 0 Å². The molecule has 0 radical (unpaired) electrons. The molecule has 130 valence electrons. The minimum atomic E-state index is -3.83. The Balaban J connectivity index is 2.11. The normalized spacial score (nSPS) is 25.0. The zero-order valence-electron chi connectivity index (χ0n) is 12.1. The predicted molar refractivity (Wildman–Crippen MR) is 73.9 cm³/mol. The number of nitrogens with two attached hydrogens (primary N) is 1. The summed E-state index contributed by atoms with van der Waals surface area (Å²) in [5.74, 6) is -1.98. The number of nitrogens with zero attached hydrogens (tertiary/aromatic N) is 2. The molecule has 0 unspecified atom stereocenters. The third-order valence-electron chi connectivity index (χ3n) is 3.12. The molecule has 1 aromatic rings. The summed E-state index contributed by atoms with van der Waals surface area (Å²) in [4.78, 5) is 26.1. The molecule has 0 bridgehead atoms. The molecule has 1 aliphatic rings. The average Bonchev–Trinajstić information content (AvgIpc) is 2.74. The minimum Gasteiger partial charge on any atom is -0.431 e. The highest BCUT2D eigenvalue weighted by Gasteiger charge is 2.60. The number of carbonyl (C=O) groups excluding carboxylic acids is 1. The zero-order chi connectivity index (χ0) is 17.9. The number of alkyl halides is 2. The van der Waals surface area contributed by atoms with Gasteiger partial charge in [-0.25, -0.2) is 9.59 Å². The smallest absolute Gasteiger partial charge is 0.431 e. The molecule has 0 spiro atoms. The number of rotatable bonds is 4. The number of nitrogen functional groups attached to an aromatic ring is 1. The second kappa shape index (κ2) is 6.81. The molecule has 2 rings (SSSR count). The van der Waals surface area contributed by atoms with Gasteiger partial charge in [-0.2, -0.15) is 13.8 Å². The van der Waals surface area contributed by atoms with Gasteiger partial charge >= 0.3 is 17.8 Å². The van der Waals surface area contributed by atoms with Gasteiger partial charge in [-0.1, -0.05) is 5.92 Å². The van der Waals surface area contributed by atoms with Gasteiger partial charge in [-0.3, -0.25) is 4.57 Å². The highest BCUT2D eigenvalue weighted by atomic mass is 19.3. The van der Waals surface area contributed by atoms with Crippen LogP contribution in [0.1, 0.15) is 6.23 Å². The van der Waals surface area contributed by atoms with Crippen LogP contribution in [0.15, 0.2) is 17.1 Å². The van der Waals surface area contributed by atoms with Crippen LogP contribution >= 0.6 is 0 Å². The van der Waals surface area contributed by atoms with Crippen LogP contribution in [0.4, 0.5) is 19.4 Å². The Morgan fingerprint density at radius 3 is 2.92 bits per heavy atom. The highest BCUT2D eigenvalue weighted by molar-refractivity contribution is 5.60. The first-order valence-corrected chi connectivity index (χ1v) is 6.56. The standard InChI is InChI=1S/C13H13F2N3O6/c1-2-5-22-12(21)23-6-7-9(19)13(14,15)10(24-7)18-4-3-8(16)17-11(18)20/h1,3-4,7,9-10,19H,5-6H2,(H2,16,17,20)/t7-,9-,10+/m1/s1. The first-order valence-electron chi connectivity index (χ1n) is 6.56. The predicted octanol–water partition coefficient (Wildman–Crippen LogP) is -0.495. The van der Waals surface area contributed by atoms with Crippen molar-refractivity contribution in [1.29, 1.82) is 0 Å². The Morgan fingerprint density at radius 2 is 2.29 bits per heavy atom. The van der Waals surface area contributed by atoms with Crippen LogP contribution in [-0.2, 0) is 14.2 Å². The fraction of sp³-hybridized carbons (Fsp3) is 0.462. The maximum Gasteiger partial charge on any atom is 0.509 e. The van der Waals surface area contributed by atoms with E-state index in [1.54, 1.807) is 0 Å². The van der Waals surface area contributed by atoms with Crippen LogP contribution in [0, 0.1) is 12.3 Å². The van der Waals surface area contributed by atoms with Gasteiger partial charge in [-0.15, -0.1) is 6.42 Å². The number of aliphatic hydroxyl groups is 1. The summed E-state index contributed by atoms with van der Waals surface area (Å²) in [6, 6.07) is 1.12. The van der Waals surface area contributed by atoms with Crippen LogP contribution in [0.2, 0.25) is 0 Å². The van der Waals surface area contributed by atoms with E-state index in [-0.39, 0.29) is 12.4 Å². The van der Waals surface area contributed by atoms with Gasteiger partial charge in [0.05, 0.1) is 0 Å². The molecule has 0 aliphatic carbocycles. The van der Waals surface area contributed by atoms with Gasteiger partial charge in [0.1, 0.15) is 18.5 Å². The minimum absolute atomic E-state index is 0.158. The first kappa shape index (κ1) is 17.6. The number of carbonyl (C=O) groups is 1. The van der Waals surface area contributed by atoms with E-state index in [2.05, 4.69) is 14.5 Å². The third kappa shape index (κ3) is 3.44. The lowest BCUT2D eigenvalue weighted by Gasteiger charge is -2.20. The van der Waals surface area contributed by atoms with E-state index in [1.807, 2.05) is 5.92 Å². The Kier molecular flexibility index (Phi) is 5.01. The molecule has 0 aromatic carbocycles. The SMILES string of the molecule is C#CCOC(=O)OC[C@H]1O[C@H](n2ccc(N)nc2=O)C(F)(F)[C@@H]1O. The number of aliphatic hydroxyl groups excluding tert-OH is 1. The maximum absolute atomic E-state index is 14.2. The molecule has 24 heavy (non-hydrogen) atoms. The van der Waals surface area contributed by atoms with Crippen molar-refractivity contribution in [1.82, 2.24) is 9.55 Å². The van der Waals surface area contributed by atoms with Gasteiger partial charge in [0, 0.05) is 6.20 Å². The molecule has 1 fully saturated rings. The van der Waals surface area contributed by atoms with Gasteiger partial charge < -0.3 is 25.1 Å². The third-order valence-corrected chi connectivity index (χ3v) is 3.12. The number of hydrogen-bond acceptors (Lipinski definition) is 8. The number of hydrogen-bond donors (Lipinski definition) is 2. The molecule has 3 N–H and O–H groups in total. The first-order chi connectivity index (χ1) is 11.3. The molecular formula is C13H13F2N3O6. The fourth-order valence-corrected chi connectivity index (χ4v) is 2.00. The lowest BCUT2D eigenvalue weighted by Crippen LogP contribution is -2.42. The Labute approximate surface area is 133 Å². The quantitative estimate of drug-likeness (QED) is 0.553. The van der Waals surface area contributed by atoms with Gasteiger partial charge in [0.15, 0.2) is 12.7 Å². The van der Waals surface area contributed by atoms with Crippen molar-refractivity contribution in [2.75, 3.05) is 18.9 Å². The van der Waals surface area contributed by atoms with Gasteiger partial charge in [-0.05, 0) is 6.07 Å². The Bertz CT molecular complexity index is 716. The van der Waals surface area contributed by atoms with E-state index in [9.17, 15) is 23.5 Å². The number of ether oxygens (including phenoxy) is 3. The molecule has 1 aromatic heterocycles. The van der Waals surface area contributed by atoms with Crippen LogP contribution in [0.25, 0.3) is 0 Å². The van der Waals surface area contributed by atoms with E-state index >= 15 is 0 Å². The van der Waals surface area contributed by atoms with Crippen molar-refractivity contribution in [3.63, 3.8) is 0 Å². The average molecular weight is 345 g/mol. The topological polar surface area (TPSA) is 126 Å². The van der Waals surface area contributed by atoms with Crippen molar-refractivity contribution < 1.29 is 32.9 Å². The molecule has 9 nitrogen and oxygen atoms in total. The second-order valence-corrected chi connectivity index (χ2v) is 4.74. The number of terminal acetylenes is 1. The summed E-state index contributed by atoms with van der Waals surface area (Å²) in [5, 5.41) is 9.68. The van der Waals surface area contributed by atoms with Crippen LogP contribution in [0.3, 0.4) is 0 Å². The zero-order valence-corrected chi connectivity index (χ0v) is 12.1. The molecule has 3 atom stereocenters. The van der Waals surface area contributed by atoms with E-state index in [0.717, 1.165) is 12.3 Å². The Hall–Kier alpha value is -2.71. The van der Waals surface area contributed by atoms with Crippen LogP contribution in [-0.4, -0.2) is 52.2 Å². The lowest BCUT2D eigenvalue weighted by atomic mass is 10.1. The molecule has 1 saturated heterocycles. The maximum atomic E-state index is 14.2. The van der Waals surface area contributed by atoms with Crippen molar-refractivity contribution in [3.05, 3.63) is 22.7 Å². The summed E-state index contributed by atoms with van der Waals surface area (Å²) in [6.45, 7) is -1.09. The summed E-state index contributed by atoms with van der Waals surface area (Å²) >= 11 is 0. The largest absolute Gasteiger partial charge is 0.509 e. The Morgan fingerprint density at radius 1 is 1.58 bits per heavy atom. The van der Waals surface area contributed by atoms with Crippen molar-refractivity contribution in [3.8, 4) is 12.3 Å². The highest BCUT2D eigenvalue weighted by Crippen LogP contribution is 2.42. The molecule has 0 saturated carbocycles. The second-order valence-electron chi connectivity index (χ2n) is 4.74. The molecule has 0 amide bonds. The number of anilines is 1. The lowest BCUT2D eigenvalue weighted by molar-refractivity contribution is -0.141. The monoisotopic (exact) mass is 345 g/mol. The van der Waals surface area contributed by atoms with Crippen molar-refractivity contribution >= 4 is 12.0 Å². The number of halogens is 2. The summed E-state index contributed by atoms with van der Waals surface area (Å²) in [6.07, 6.45) is -1.43. The van der Waals surface area contributed by atoms with E-state index in [0.29, 0.717) is 4.57 Å². The van der Waals surface area contributed by atoms with Gasteiger partial charge in [0.25, 0.3) is 0 Å². The molecule has 2 heterocycles. The summed E-state index contributed by atoms with van der Waals surface area (Å²) in [7, 11) is 0. The number of aromatic nitrogens is 2. The molecule has 11 heteroatoms. The van der Waals surface area contributed by atoms with Crippen molar-refractivity contribution in [2.24, 2.45) is 0 Å². The van der Waals surface area contributed by atoms with Crippen LogP contribution in [0.5, 0.6) is 0 Å². The molecular weight excluding hydrogens is 332 g/mol. The molecule has 1 aliphatic heterocycles.